The first-order chi connectivity index (χ1) is 8.97. The first-order valence-electron chi connectivity index (χ1n) is 4.70. The summed E-state index contributed by atoms with van der Waals surface area (Å²) in [7, 11) is 0. The molecule has 0 unspecified atom stereocenters. The Bertz CT molecular complexity index is 661. The number of hydrogen-bond donors (Lipinski definition) is 1. The van der Waals surface area contributed by atoms with Crippen molar-refractivity contribution in [2.24, 2.45) is 0 Å². The van der Waals surface area contributed by atoms with Crippen LogP contribution in [0.4, 0.5) is 10.1 Å². The van der Waals surface area contributed by atoms with Crippen molar-refractivity contribution < 1.29 is 9.72 Å². The maximum atomic E-state index is 11.8. The lowest BCUT2D eigenvalue weighted by Crippen LogP contribution is -2.11. The minimum absolute atomic E-state index is 0.0862. The Morgan fingerprint density at radius 2 is 2.11 bits per heavy atom. The van der Waals surface area contributed by atoms with Crippen LogP contribution in [0.15, 0.2) is 18.5 Å². The highest BCUT2D eigenvalue weighted by molar-refractivity contribution is 7.18. The second kappa shape index (κ2) is 5.47. The average molecular weight is 319 g/mol. The molecule has 0 aromatic carbocycles. The number of halogens is 2. The predicted molar refractivity (Wildman–Crippen MR) is 71.0 cm³/mol. The Labute approximate surface area is 120 Å². The summed E-state index contributed by atoms with van der Waals surface area (Å²) >= 11 is 12.1. The van der Waals surface area contributed by atoms with Crippen molar-refractivity contribution in [3.63, 3.8) is 0 Å². The molecule has 0 aliphatic carbocycles. The molecule has 0 fully saturated rings. The fourth-order valence-electron chi connectivity index (χ4n) is 1.12. The number of carbonyl (C=O) groups excluding carboxylic acids is 1. The van der Waals surface area contributed by atoms with Gasteiger partial charge in [-0.1, -0.05) is 23.2 Å². The van der Waals surface area contributed by atoms with E-state index < -0.39 is 10.8 Å². The first kappa shape index (κ1) is 13.7. The monoisotopic (exact) mass is 318 g/mol. The van der Waals surface area contributed by atoms with Gasteiger partial charge in [0, 0.05) is 6.20 Å². The molecule has 0 radical (unpaired) electrons. The lowest BCUT2D eigenvalue weighted by atomic mass is 10.3. The fraction of sp³-hybridized carbons (Fsp3) is 0. The summed E-state index contributed by atoms with van der Waals surface area (Å²) in [4.78, 5) is 29.1. The molecule has 1 amide bonds. The minimum atomic E-state index is -0.589. The van der Waals surface area contributed by atoms with Gasteiger partial charge >= 0.3 is 5.00 Å². The smallest absolute Gasteiger partial charge is 0.298 e. The van der Waals surface area contributed by atoms with Gasteiger partial charge in [-0.3, -0.25) is 20.2 Å². The molecule has 0 spiro atoms. The molecule has 2 heterocycles. The summed E-state index contributed by atoms with van der Waals surface area (Å²) in [6, 6.07) is 1.34. The van der Waals surface area contributed by atoms with E-state index in [0.29, 0.717) is 0 Å². The van der Waals surface area contributed by atoms with Gasteiger partial charge in [-0.2, -0.15) is 0 Å². The number of aromatic nitrogens is 2. The molecule has 7 nitrogen and oxygen atoms in total. The maximum Gasteiger partial charge on any atom is 0.345 e. The zero-order chi connectivity index (χ0) is 14.0. The second-order valence-corrected chi connectivity index (χ2v) is 4.99. The van der Waals surface area contributed by atoms with Gasteiger partial charge in [0.1, 0.15) is 11.3 Å². The van der Waals surface area contributed by atoms with Gasteiger partial charge in [0.05, 0.1) is 15.5 Å². The highest BCUT2D eigenvalue weighted by Crippen LogP contribution is 2.26. The summed E-state index contributed by atoms with van der Waals surface area (Å²) in [6.45, 7) is 0. The molecule has 2 rings (SSSR count). The molecule has 2 aromatic heterocycles. The highest BCUT2D eigenvalue weighted by atomic mass is 35.5. The van der Waals surface area contributed by atoms with E-state index in [1.165, 1.54) is 12.3 Å². The summed E-state index contributed by atoms with van der Waals surface area (Å²) in [6.07, 6.45) is 2.30. The van der Waals surface area contributed by atoms with E-state index in [1.54, 1.807) is 0 Å². The van der Waals surface area contributed by atoms with Crippen molar-refractivity contribution in [1.82, 2.24) is 9.97 Å². The Morgan fingerprint density at radius 3 is 2.68 bits per heavy atom. The average Bonchev–Trinajstić information content (AvgIpc) is 2.81. The Morgan fingerprint density at radius 1 is 1.37 bits per heavy atom. The number of pyridine rings is 1. The molecule has 0 aliphatic rings. The summed E-state index contributed by atoms with van der Waals surface area (Å²) in [5.74, 6) is -0.532. The van der Waals surface area contributed by atoms with E-state index in [9.17, 15) is 14.9 Å². The van der Waals surface area contributed by atoms with Crippen LogP contribution in [0.2, 0.25) is 10.2 Å². The van der Waals surface area contributed by atoms with Gasteiger partial charge in [0.25, 0.3) is 5.91 Å². The third-order valence-corrected chi connectivity index (χ3v) is 3.50. The minimum Gasteiger partial charge on any atom is -0.298 e. The number of amides is 1. The number of carbonyl (C=O) groups is 1. The maximum absolute atomic E-state index is 11.8. The SMILES string of the molecule is O=C(Nc1ncc([N+](=O)[O-])s1)c1cnc(Cl)c(Cl)c1. The number of anilines is 1. The van der Waals surface area contributed by atoms with E-state index in [0.717, 1.165) is 17.5 Å². The third-order valence-electron chi connectivity index (χ3n) is 1.95. The molecule has 10 heteroatoms. The molecule has 0 aliphatic heterocycles. The first-order valence-corrected chi connectivity index (χ1v) is 6.27. The number of thiazole rings is 1. The molecular formula is C9H4Cl2N4O3S. The number of nitrogens with one attached hydrogen (secondary N) is 1. The van der Waals surface area contributed by atoms with E-state index >= 15 is 0 Å². The quantitative estimate of drug-likeness (QED) is 0.533. The molecule has 0 bridgehead atoms. The number of hydrogen-bond acceptors (Lipinski definition) is 6. The van der Waals surface area contributed by atoms with Crippen LogP contribution in [0.1, 0.15) is 10.4 Å². The lowest BCUT2D eigenvalue weighted by Gasteiger charge is -2.02. The van der Waals surface area contributed by atoms with Gasteiger partial charge in [0.15, 0.2) is 5.13 Å². The van der Waals surface area contributed by atoms with Crippen molar-refractivity contribution in [3.05, 3.63) is 44.3 Å². The molecular weight excluding hydrogens is 315 g/mol. The Balaban J connectivity index is 2.15. The third kappa shape index (κ3) is 3.16. The highest BCUT2D eigenvalue weighted by Gasteiger charge is 2.15. The van der Waals surface area contributed by atoms with Gasteiger partial charge in [-0.05, 0) is 17.4 Å². The second-order valence-electron chi connectivity index (χ2n) is 3.21. The zero-order valence-electron chi connectivity index (χ0n) is 8.96. The van der Waals surface area contributed by atoms with Crippen molar-refractivity contribution in [2.45, 2.75) is 0 Å². The van der Waals surface area contributed by atoms with Crippen molar-refractivity contribution in [3.8, 4) is 0 Å². The molecule has 0 atom stereocenters. The van der Waals surface area contributed by atoms with Crippen molar-refractivity contribution >= 4 is 50.6 Å². The van der Waals surface area contributed by atoms with Crippen LogP contribution in [-0.4, -0.2) is 20.8 Å². The van der Waals surface area contributed by atoms with Gasteiger partial charge in [-0.25, -0.2) is 9.97 Å². The zero-order valence-corrected chi connectivity index (χ0v) is 11.3. The van der Waals surface area contributed by atoms with E-state index in [1.807, 2.05) is 0 Å². The fourth-order valence-corrected chi connectivity index (χ4v) is 2.02. The van der Waals surface area contributed by atoms with E-state index in [-0.39, 0.29) is 25.9 Å². The van der Waals surface area contributed by atoms with Gasteiger partial charge in [-0.15, -0.1) is 0 Å². The van der Waals surface area contributed by atoms with Crippen LogP contribution < -0.4 is 5.32 Å². The van der Waals surface area contributed by atoms with Crippen molar-refractivity contribution in [1.29, 1.82) is 0 Å². The van der Waals surface area contributed by atoms with Gasteiger partial charge in [0.2, 0.25) is 0 Å². The standard InChI is InChI=1S/C9H4Cl2N4O3S/c10-5-1-4(2-12-7(5)11)8(16)14-9-13-3-6(19-9)15(17)18/h1-3H,(H,13,14,16). The van der Waals surface area contributed by atoms with Crippen LogP contribution in [0, 0.1) is 10.1 Å². The summed E-state index contributed by atoms with van der Waals surface area (Å²) < 4.78 is 0. The van der Waals surface area contributed by atoms with E-state index in [4.69, 9.17) is 23.2 Å². The number of nitrogens with zero attached hydrogens (tertiary/aromatic N) is 3. The molecule has 0 saturated heterocycles. The molecule has 0 saturated carbocycles. The van der Waals surface area contributed by atoms with Crippen LogP contribution in [0.3, 0.4) is 0 Å². The topological polar surface area (TPSA) is 98.0 Å². The van der Waals surface area contributed by atoms with Crippen LogP contribution >= 0.6 is 34.5 Å². The number of nitro groups is 1. The van der Waals surface area contributed by atoms with Crippen molar-refractivity contribution in [2.75, 3.05) is 5.32 Å². The molecule has 19 heavy (non-hydrogen) atoms. The molecule has 98 valence electrons. The van der Waals surface area contributed by atoms with Gasteiger partial charge < -0.3 is 0 Å². The largest absolute Gasteiger partial charge is 0.345 e. The van der Waals surface area contributed by atoms with E-state index in [2.05, 4.69) is 15.3 Å². The molecule has 2 aromatic rings. The van der Waals surface area contributed by atoms with Crippen LogP contribution in [0.25, 0.3) is 0 Å². The summed E-state index contributed by atoms with van der Waals surface area (Å²) in [5, 5.41) is 13.0. The normalized spacial score (nSPS) is 10.2. The Hall–Kier alpha value is -1.77. The predicted octanol–water partition coefficient (Wildman–Crippen LogP) is 3.01. The molecule has 1 N–H and O–H groups in total. The lowest BCUT2D eigenvalue weighted by molar-refractivity contribution is -0.380. The Kier molecular flexibility index (Phi) is 3.93. The number of rotatable bonds is 3. The van der Waals surface area contributed by atoms with Crippen LogP contribution in [-0.2, 0) is 0 Å². The van der Waals surface area contributed by atoms with Crippen LogP contribution in [0.5, 0.6) is 0 Å². The summed E-state index contributed by atoms with van der Waals surface area (Å²) in [5.41, 5.74) is 0.173.